The molecule has 4 nitrogen and oxygen atoms in total. The summed E-state index contributed by atoms with van der Waals surface area (Å²) in [6.07, 6.45) is 4.82. The number of nitrogens with zero attached hydrogens (tertiary/aromatic N) is 2. The molecular formula is C15H19N3OS2. The maximum atomic E-state index is 11.3. The first-order chi connectivity index (χ1) is 10.2. The topological polar surface area (TPSA) is 59.2 Å². The zero-order valence-corrected chi connectivity index (χ0v) is 13.5. The van der Waals surface area contributed by atoms with E-state index in [0.717, 1.165) is 23.5 Å². The predicted octanol–water partition coefficient (Wildman–Crippen LogP) is 3.10. The number of thiophene rings is 1. The smallest absolute Gasteiger partial charge is 0.231 e. The largest absolute Gasteiger partial charge is 0.369 e. The highest BCUT2D eigenvalue weighted by Gasteiger charge is 2.24. The van der Waals surface area contributed by atoms with E-state index in [2.05, 4.69) is 27.1 Å². The van der Waals surface area contributed by atoms with E-state index in [4.69, 9.17) is 10.7 Å². The highest BCUT2D eigenvalue weighted by Crippen LogP contribution is 2.28. The molecule has 0 spiro atoms. The third-order valence-electron chi connectivity index (χ3n) is 3.88. The summed E-state index contributed by atoms with van der Waals surface area (Å²) in [6, 6.07) is 2.56. The van der Waals surface area contributed by atoms with E-state index < -0.39 is 0 Å². The zero-order chi connectivity index (χ0) is 14.7. The number of rotatable bonds is 6. The second-order valence-electron chi connectivity index (χ2n) is 5.47. The van der Waals surface area contributed by atoms with E-state index in [0.29, 0.717) is 19.1 Å². The van der Waals surface area contributed by atoms with E-state index >= 15 is 0 Å². The van der Waals surface area contributed by atoms with E-state index in [1.165, 1.54) is 18.4 Å². The molecule has 0 aliphatic heterocycles. The van der Waals surface area contributed by atoms with E-state index in [-0.39, 0.29) is 5.91 Å². The molecule has 2 aromatic rings. The Labute approximate surface area is 132 Å². The van der Waals surface area contributed by atoms with Gasteiger partial charge in [0, 0.05) is 28.9 Å². The fraction of sp³-hybridized carbons (Fsp3) is 0.467. The maximum Gasteiger partial charge on any atom is 0.231 e. The first kappa shape index (κ1) is 14.7. The lowest BCUT2D eigenvalue weighted by molar-refractivity contribution is -0.119. The van der Waals surface area contributed by atoms with Gasteiger partial charge in [-0.05, 0) is 24.3 Å². The van der Waals surface area contributed by atoms with Crippen molar-refractivity contribution in [2.45, 2.75) is 38.3 Å². The van der Waals surface area contributed by atoms with Gasteiger partial charge in [0.2, 0.25) is 5.91 Å². The van der Waals surface area contributed by atoms with Gasteiger partial charge in [-0.25, -0.2) is 4.98 Å². The van der Waals surface area contributed by atoms with Crippen LogP contribution in [0.1, 0.15) is 31.4 Å². The van der Waals surface area contributed by atoms with Gasteiger partial charge in [0.15, 0.2) is 0 Å². The molecule has 1 amide bonds. The molecule has 0 saturated heterocycles. The Hall–Kier alpha value is -1.24. The Bertz CT molecular complexity index is 588. The van der Waals surface area contributed by atoms with Crippen molar-refractivity contribution < 1.29 is 4.79 Å². The van der Waals surface area contributed by atoms with Crippen molar-refractivity contribution in [1.82, 2.24) is 9.88 Å². The van der Waals surface area contributed by atoms with Crippen molar-refractivity contribution in [2.24, 2.45) is 5.73 Å². The van der Waals surface area contributed by atoms with Crippen LogP contribution in [-0.4, -0.2) is 28.4 Å². The van der Waals surface area contributed by atoms with E-state index in [9.17, 15) is 4.79 Å². The SMILES string of the molecule is NC(=O)CN(Cc1csc(-c2ccsc2)n1)C1CCCC1. The quantitative estimate of drug-likeness (QED) is 0.889. The summed E-state index contributed by atoms with van der Waals surface area (Å²) in [5.74, 6) is -0.254. The monoisotopic (exact) mass is 321 g/mol. The molecule has 1 aliphatic carbocycles. The van der Waals surface area contributed by atoms with Gasteiger partial charge in [-0.15, -0.1) is 11.3 Å². The molecular weight excluding hydrogens is 302 g/mol. The van der Waals surface area contributed by atoms with Gasteiger partial charge < -0.3 is 5.73 Å². The van der Waals surface area contributed by atoms with Crippen molar-refractivity contribution in [3.63, 3.8) is 0 Å². The zero-order valence-electron chi connectivity index (χ0n) is 11.8. The predicted molar refractivity (Wildman–Crippen MR) is 87.3 cm³/mol. The van der Waals surface area contributed by atoms with Gasteiger partial charge in [-0.1, -0.05) is 12.8 Å². The number of carbonyl (C=O) groups excluding carboxylic acids is 1. The second-order valence-corrected chi connectivity index (χ2v) is 7.10. The number of thiazole rings is 1. The highest BCUT2D eigenvalue weighted by atomic mass is 32.1. The molecule has 3 rings (SSSR count). The molecule has 0 radical (unpaired) electrons. The Morgan fingerprint density at radius 3 is 2.86 bits per heavy atom. The number of amides is 1. The molecule has 0 bridgehead atoms. The number of carbonyl (C=O) groups is 1. The summed E-state index contributed by atoms with van der Waals surface area (Å²) >= 11 is 3.34. The van der Waals surface area contributed by atoms with Gasteiger partial charge in [-0.2, -0.15) is 11.3 Å². The highest BCUT2D eigenvalue weighted by molar-refractivity contribution is 7.14. The summed E-state index contributed by atoms with van der Waals surface area (Å²) in [5.41, 5.74) is 7.62. The number of aromatic nitrogens is 1. The summed E-state index contributed by atoms with van der Waals surface area (Å²) in [7, 11) is 0. The molecule has 2 aromatic heterocycles. The van der Waals surface area contributed by atoms with Crippen molar-refractivity contribution in [3.05, 3.63) is 27.9 Å². The van der Waals surface area contributed by atoms with Gasteiger partial charge in [0.1, 0.15) is 5.01 Å². The van der Waals surface area contributed by atoms with E-state index in [1.807, 2.05) is 0 Å². The normalized spacial score (nSPS) is 15.9. The number of hydrogen-bond acceptors (Lipinski definition) is 5. The third kappa shape index (κ3) is 3.70. The van der Waals surface area contributed by atoms with Crippen molar-refractivity contribution in [2.75, 3.05) is 6.54 Å². The van der Waals surface area contributed by atoms with Crippen LogP contribution in [0.25, 0.3) is 10.6 Å². The first-order valence-electron chi connectivity index (χ1n) is 7.21. The first-order valence-corrected chi connectivity index (χ1v) is 9.04. The van der Waals surface area contributed by atoms with Crippen LogP contribution in [0.5, 0.6) is 0 Å². The molecule has 0 unspecified atom stereocenters. The lowest BCUT2D eigenvalue weighted by atomic mass is 10.2. The molecule has 0 aromatic carbocycles. The standard InChI is InChI=1S/C15H19N3OS2/c16-14(19)8-18(13-3-1-2-4-13)7-12-10-21-15(17-12)11-5-6-20-9-11/h5-6,9-10,13H,1-4,7-8H2,(H2,16,19). The van der Waals surface area contributed by atoms with E-state index in [1.54, 1.807) is 22.7 Å². The fourth-order valence-corrected chi connectivity index (χ4v) is 4.41. The molecule has 1 fully saturated rings. The van der Waals surface area contributed by atoms with Crippen LogP contribution in [-0.2, 0) is 11.3 Å². The molecule has 0 atom stereocenters. The lowest BCUT2D eigenvalue weighted by Gasteiger charge is -2.26. The molecule has 2 heterocycles. The Morgan fingerprint density at radius 2 is 2.19 bits per heavy atom. The van der Waals surface area contributed by atoms with Crippen molar-refractivity contribution in [3.8, 4) is 10.6 Å². The summed E-state index contributed by atoms with van der Waals surface area (Å²) in [5, 5.41) is 7.32. The maximum absolute atomic E-state index is 11.3. The molecule has 1 saturated carbocycles. The molecule has 21 heavy (non-hydrogen) atoms. The molecule has 1 aliphatic rings. The number of hydrogen-bond donors (Lipinski definition) is 1. The molecule has 112 valence electrons. The Kier molecular flexibility index (Phi) is 4.67. The summed E-state index contributed by atoms with van der Waals surface area (Å²) in [6.45, 7) is 1.05. The average molecular weight is 321 g/mol. The minimum atomic E-state index is -0.254. The van der Waals surface area contributed by atoms with Crippen LogP contribution in [0.15, 0.2) is 22.2 Å². The van der Waals surface area contributed by atoms with Gasteiger partial charge >= 0.3 is 0 Å². The second kappa shape index (κ2) is 6.68. The number of nitrogens with two attached hydrogens (primary N) is 1. The molecule has 6 heteroatoms. The van der Waals surface area contributed by atoms with Gasteiger partial charge in [0.25, 0.3) is 0 Å². The average Bonchev–Trinajstić information content (AvgIpc) is 3.20. The lowest BCUT2D eigenvalue weighted by Crippen LogP contribution is -2.39. The van der Waals surface area contributed by atoms with Crippen molar-refractivity contribution in [1.29, 1.82) is 0 Å². The number of primary amides is 1. The van der Waals surface area contributed by atoms with Gasteiger partial charge in [-0.3, -0.25) is 9.69 Å². The summed E-state index contributed by atoms with van der Waals surface area (Å²) in [4.78, 5) is 18.2. The Morgan fingerprint density at radius 1 is 1.38 bits per heavy atom. The minimum absolute atomic E-state index is 0.254. The van der Waals surface area contributed by atoms with Crippen LogP contribution in [0, 0.1) is 0 Å². The van der Waals surface area contributed by atoms with Crippen LogP contribution < -0.4 is 5.73 Å². The fourth-order valence-electron chi connectivity index (χ4n) is 2.89. The van der Waals surface area contributed by atoms with Crippen LogP contribution in [0.4, 0.5) is 0 Å². The van der Waals surface area contributed by atoms with Crippen LogP contribution in [0.2, 0.25) is 0 Å². The van der Waals surface area contributed by atoms with Gasteiger partial charge in [0.05, 0.1) is 12.2 Å². The third-order valence-corrected chi connectivity index (χ3v) is 5.51. The van der Waals surface area contributed by atoms with Crippen LogP contribution in [0.3, 0.4) is 0 Å². The minimum Gasteiger partial charge on any atom is -0.369 e. The molecule has 2 N–H and O–H groups in total. The summed E-state index contributed by atoms with van der Waals surface area (Å²) < 4.78 is 0. The Balaban J connectivity index is 1.71. The van der Waals surface area contributed by atoms with Crippen LogP contribution >= 0.6 is 22.7 Å². The van der Waals surface area contributed by atoms with Crippen molar-refractivity contribution >= 4 is 28.6 Å².